The summed E-state index contributed by atoms with van der Waals surface area (Å²) in [6.45, 7) is 4.11. The smallest absolute Gasteiger partial charge is 0.174 e. The second kappa shape index (κ2) is 6.26. The van der Waals surface area contributed by atoms with Gasteiger partial charge in [-0.3, -0.25) is 4.98 Å². The molecule has 4 nitrogen and oxygen atoms in total. The lowest BCUT2D eigenvalue weighted by molar-refractivity contribution is 0.674. The molecule has 2 rings (SSSR count). The molecule has 0 bridgehead atoms. The molecule has 0 aliphatic heterocycles. The fourth-order valence-electron chi connectivity index (χ4n) is 1.40. The van der Waals surface area contributed by atoms with Gasteiger partial charge < -0.3 is 5.73 Å². The molecule has 0 saturated carbocycles. The summed E-state index contributed by atoms with van der Waals surface area (Å²) in [6, 6.07) is 4.05. The van der Waals surface area contributed by atoms with E-state index in [9.17, 15) is 0 Å². The van der Waals surface area contributed by atoms with Gasteiger partial charge in [-0.2, -0.15) is 4.37 Å². The molecule has 0 radical (unpaired) electrons. The summed E-state index contributed by atoms with van der Waals surface area (Å²) in [7, 11) is 0. The van der Waals surface area contributed by atoms with Crippen LogP contribution in [0.25, 0.3) is 0 Å². The molecule has 0 aliphatic carbocycles. The van der Waals surface area contributed by atoms with Crippen molar-refractivity contribution in [1.29, 1.82) is 0 Å². The van der Waals surface area contributed by atoms with Crippen molar-refractivity contribution in [3.63, 3.8) is 0 Å². The van der Waals surface area contributed by atoms with Crippen molar-refractivity contribution in [3.8, 4) is 0 Å². The lowest BCUT2D eigenvalue weighted by Crippen LogP contribution is -2.10. The second-order valence-corrected chi connectivity index (χ2v) is 5.94. The van der Waals surface area contributed by atoms with E-state index in [0.29, 0.717) is 0 Å². The first-order chi connectivity index (χ1) is 8.72. The number of aromatic nitrogens is 3. The van der Waals surface area contributed by atoms with Crippen molar-refractivity contribution in [2.75, 3.05) is 0 Å². The monoisotopic (exact) mass is 280 g/mol. The van der Waals surface area contributed by atoms with Crippen molar-refractivity contribution in [2.24, 2.45) is 5.73 Å². The number of pyridine rings is 1. The lowest BCUT2D eigenvalue weighted by atomic mass is 10.1. The van der Waals surface area contributed by atoms with E-state index in [2.05, 4.69) is 28.2 Å². The van der Waals surface area contributed by atoms with Gasteiger partial charge in [0.1, 0.15) is 5.82 Å². The van der Waals surface area contributed by atoms with Crippen LogP contribution in [0.15, 0.2) is 27.6 Å². The van der Waals surface area contributed by atoms with Crippen molar-refractivity contribution in [2.45, 2.75) is 42.0 Å². The first-order valence-corrected chi connectivity index (χ1v) is 7.53. The summed E-state index contributed by atoms with van der Waals surface area (Å²) < 4.78 is 5.22. The molecule has 2 aromatic heterocycles. The number of hydrogen-bond acceptors (Lipinski definition) is 6. The SMILES string of the molecule is CCc1nsc(Sc2ccc([C@@H](N)CC)nc2)n1. The minimum atomic E-state index is 0.0253. The van der Waals surface area contributed by atoms with E-state index in [1.165, 1.54) is 11.5 Å². The summed E-state index contributed by atoms with van der Waals surface area (Å²) in [5.74, 6) is 0.903. The topological polar surface area (TPSA) is 64.7 Å². The Kier molecular flexibility index (Phi) is 4.68. The molecular formula is C12H16N4S2. The zero-order chi connectivity index (χ0) is 13.0. The lowest BCUT2D eigenvalue weighted by Gasteiger charge is -2.07. The Balaban J connectivity index is 2.06. The maximum Gasteiger partial charge on any atom is 0.174 e. The third-order valence-corrected chi connectivity index (χ3v) is 4.32. The molecule has 6 heteroatoms. The van der Waals surface area contributed by atoms with Crippen LogP contribution in [-0.2, 0) is 6.42 Å². The maximum atomic E-state index is 5.93. The predicted octanol–water partition coefficient (Wildman–Crippen LogP) is 3.06. The van der Waals surface area contributed by atoms with E-state index in [1.54, 1.807) is 11.8 Å². The van der Waals surface area contributed by atoms with Crippen LogP contribution in [-0.4, -0.2) is 14.3 Å². The zero-order valence-corrected chi connectivity index (χ0v) is 12.1. The van der Waals surface area contributed by atoms with Crippen LogP contribution < -0.4 is 5.73 Å². The summed E-state index contributed by atoms with van der Waals surface area (Å²) in [5, 5.41) is 0. The van der Waals surface area contributed by atoms with E-state index < -0.39 is 0 Å². The molecule has 2 aromatic rings. The van der Waals surface area contributed by atoms with Crippen molar-refractivity contribution < 1.29 is 0 Å². The van der Waals surface area contributed by atoms with Gasteiger partial charge in [0.25, 0.3) is 0 Å². The van der Waals surface area contributed by atoms with Crippen LogP contribution in [0.2, 0.25) is 0 Å². The summed E-state index contributed by atoms with van der Waals surface area (Å²) in [5.41, 5.74) is 6.87. The van der Waals surface area contributed by atoms with Gasteiger partial charge in [0.05, 0.1) is 5.69 Å². The van der Waals surface area contributed by atoms with Crippen LogP contribution in [0, 0.1) is 0 Å². The van der Waals surface area contributed by atoms with Crippen molar-refractivity contribution in [1.82, 2.24) is 14.3 Å². The van der Waals surface area contributed by atoms with Crippen LogP contribution in [0.3, 0.4) is 0 Å². The Morgan fingerprint density at radius 3 is 2.78 bits per heavy atom. The van der Waals surface area contributed by atoms with Gasteiger partial charge in [-0.05, 0) is 30.1 Å². The number of nitrogens with two attached hydrogens (primary N) is 1. The van der Waals surface area contributed by atoms with Gasteiger partial charge >= 0.3 is 0 Å². The van der Waals surface area contributed by atoms with E-state index in [1.807, 2.05) is 18.3 Å². The zero-order valence-electron chi connectivity index (χ0n) is 10.5. The average molecular weight is 280 g/mol. The Bertz CT molecular complexity index is 495. The summed E-state index contributed by atoms with van der Waals surface area (Å²) >= 11 is 3.03. The Labute approximate surface area is 115 Å². The second-order valence-electron chi connectivity index (χ2n) is 3.87. The average Bonchev–Trinajstić information content (AvgIpc) is 2.86. The minimum Gasteiger partial charge on any atom is -0.323 e. The first-order valence-electron chi connectivity index (χ1n) is 5.94. The molecule has 0 amide bonds. The van der Waals surface area contributed by atoms with Gasteiger partial charge in [-0.1, -0.05) is 25.6 Å². The van der Waals surface area contributed by atoms with Gasteiger partial charge in [0.15, 0.2) is 4.34 Å². The molecule has 1 atom stereocenters. The highest BCUT2D eigenvalue weighted by molar-refractivity contribution is 8.01. The Morgan fingerprint density at radius 1 is 1.39 bits per heavy atom. The third kappa shape index (κ3) is 3.28. The largest absolute Gasteiger partial charge is 0.323 e. The predicted molar refractivity (Wildman–Crippen MR) is 74.9 cm³/mol. The number of rotatable bonds is 5. The van der Waals surface area contributed by atoms with E-state index >= 15 is 0 Å². The molecule has 96 valence electrons. The Morgan fingerprint density at radius 2 is 2.22 bits per heavy atom. The van der Waals surface area contributed by atoms with E-state index in [0.717, 1.165) is 33.6 Å². The molecule has 2 N–H and O–H groups in total. The van der Waals surface area contributed by atoms with Gasteiger partial charge in [0, 0.05) is 23.6 Å². The molecule has 2 heterocycles. The highest BCUT2D eigenvalue weighted by Gasteiger charge is 2.07. The molecule has 0 saturated heterocycles. The molecule has 0 spiro atoms. The van der Waals surface area contributed by atoms with Gasteiger partial charge in [-0.25, -0.2) is 4.98 Å². The normalized spacial score (nSPS) is 12.6. The Hall–Kier alpha value is -0.980. The van der Waals surface area contributed by atoms with Crippen LogP contribution in [0.4, 0.5) is 0 Å². The number of aryl methyl sites for hydroxylation is 1. The number of nitrogens with zero attached hydrogens (tertiary/aromatic N) is 3. The van der Waals surface area contributed by atoms with E-state index in [-0.39, 0.29) is 6.04 Å². The number of hydrogen-bond donors (Lipinski definition) is 1. The van der Waals surface area contributed by atoms with E-state index in [4.69, 9.17) is 5.73 Å². The minimum absolute atomic E-state index is 0.0253. The third-order valence-electron chi connectivity index (χ3n) is 2.55. The molecule has 0 aromatic carbocycles. The van der Waals surface area contributed by atoms with Gasteiger partial charge in [0.2, 0.25) is 0 Å². The first kappa shape index (κ1) is 13.5. The van der Waals surface area contributed by atoms with Crippen LogP contribution in [0.1, 0.15) is 37.8 Å². The van der Waals surface area contributed by atoms with Crippen molar-refractivity contribution in [3.05, 3.63) is 29.8 Å². The standard InChI is InChI=1S/C12H16N4S2/c1-3-9(13)10-6-5-8(7-14-10)17-12-15-11(4-2)16-18-12/h5-7,9H,3-4,13H2,1-2H3/t9-/m0/s1. The quantitative estimate of drug-likeness (QED) is 0.912. The van der Waals surface area contributed by atoms with Crippen LogP contribution >= 0.6 is 23.3 Å². The highest BCUT2D eigenvalue weighted by atomic mass is 32.2. The highest BCUT2D eigenvalue weighted by Crippen LogP contribution is 2.29. The molecule has 0 unspecified atom stereocenters. The van der Waals surface area contributed by atoms with Crippen LogP contribution in [0.5, 0.6) is 0 Å². The molecule has 18 heavy (non-hydrogen) atoms. The molecule has 0 aliphatic rings. The van der Waals surface area contributed by atoms with Crippen molar-refractivity contribution >= 4 is 23.3 Å². The fourth-order valence-corrected chi connectivity index (χ4v) is 3.05. The fraction of sp³-hybridized carbons (Fsp3) is 0.417. The summed E-state index contributed by atoms with van der Waals surface area (Å²) in [6.07, 6.45) is 3.62. The van der Waals surface area contributed by atoms with Gasteiger partial charge in [-0.15, -0.1) is 0 Å². The molecular weight excluding hydrogens is 264 g/mol. The summed E-state index contributed by atoms with van der Waals surface area (Å²) in [4.78, 5) is 9.87. The maximum absolute atomic E-state index is 5.93. The molecule has 0 fully saturated rings.